The van der Waals surface area contributed by atoms with E-state index < -0.39 is 39.9 Å². The number of sulfone groups is 1. The Morgan fingerprint density at radius 1 is 1.04 bits per heavy atom. The van der Waals surface area contributed by atoms with Crippen LogP contribution in [0.4, 0.5) is 0 Å². The first kappa shape index (κ1) is 19.9. The minimum atomic E-state index is -4.25. The minimum Gasteiger partial charge on any atom is -0.388 e. The molecule has 27 heavy (non-hydrogen) atoms. The van der Waals surface area contributed by atoms with Crippen LogP contribution in [0.25, 0.3) is 0 Å². The lowest BCUT2D eigenvalue weighted by Crippen LogP contribution is -2.53. The van der Waals surface area contributed by atoms with Gasteiger partial charge in [-0.3, -0.25) is 0 Å². The first-order valence-electron chi connectivity index (χ1n) is 8.48. The third-order valence-corrected chi connectivity index (χ3v) is 6.48. The summed E-state index contributed by atoms with van der Waals surface area (Å²) in [5.41, 5.74) is -1.06. The van der Waals surface area contributed by atoms with Crippen molar-refractivity contribution in [3.8, 4) is 0 Å². The first-order chi connectivity index (χ1) is 12.8. The average Bonchev–Trinajstić information content (AvgIpc) is 2.68. The fourth-order valence-corrected chi connectivity index (χ4v) is 4.57. The van der Waals surface area contributed by atoms with E-state index in [2.05, 4.69) is 0 Å². The predicted molar refractivity (Wildman–Crippen MR) is 96.4 cm³/mol. The zero-order valence-corrected chi connectivity index (χ0v) is 15.5. The van der Waals surface area contributed by atoms with Crippen molar-refractivity contribution < 1.29 is 33.2 Å². The Kier molecular flexibility index (Phi) is 5.95. The number of ether oxygens (including phenoxy) is 2. The maximum atomic E-state index is 12.7. The standard InChI is InChI=1S/C19H22O7S/c1-12-7-5-6-10-15(12)27(23,24)18(22)16(21)17-14(20)11-25-19(26-17)13-8-3-2-4-9-13/h2-10,14,16-22H,11H2,1H3/t14-,16+,17+,18?,19?/m1/s1. The summed E-state index contributed by atoms with van der Waals surface area (Å²) in [5.74, 6) is 0. The summed E-state index contributed by atoms with van der Waals surface area (Å²) in [6, 6.07) is 15.0. The topological polar surface area (TPSA) is 113 Å². The van der Waals surface area contributed by atoms with E-state index in [0.717, 1.165) is 0 Å². The van der Waals surface area contributed by atoms with Crippen LogP contribution in [0.2, 0.25) is 0 Å². The van der Waals surface area contributed by atoms with Crippen LogP contribution >= 0.6 is 0 Å². The van der Waals surface area contributed by atoms with E-state index in [4.69, 9.17) is 9.47 Å². The highest BCUT2D eigenvalue weighted by molar-refractivity contribution is 7.92. The van der Waals surface area contributed by atoms with Crippen molar-refractivity contribution in [1.29, 1.82) is 0 Å². The van der Waals surface area contributed by atoms with Gasteiger partial charge in [-0.15, -0.1) is 0 Å². The molecule has 0 aliphatic carbocycles. The first-order valence-corrected chi connectivity index (χ1v) is 10.0. The summed E-state index contributed by atoms with van der Waals surface area (Å²) in [6.07, 6.45) is -5.37. The third-order valence-electron chi connectivity index (χ3n) is 4.50. The molecule has 5 atom stereocenters. The lowest BCUT2D eigenvalue weighted by atomic mass is 10.1. The van der Waals surface area contributed by atoms with E-state index in [1.807, 2.05) is 6.07 Å². The van der Waals surface area contributed by atoms with Crippen molar-refractivity contribution in [3.05, 3.63) is 65.7 Å². The molecule has 0 saturated carbocycles. The van der Waals surface area contributed by atoms with Gasteiger partial charge in [-0.25, -0.2) is 8.42 Å². The van der Waals surface area contributed by atoms with Gasteiger partial charge in [0.25, 0.3) is 0 Å². The number of benzene rings is 2. The van der Waals surface area contributed by atoms with Crippen LogP contribution in [0.15, 0.2) is 59.5 Å². The zero-order valence-electron chi connectivity index (χ0n) is 14.7. The van der Waals surface area contributed by atoms with Gasteiger partial charge in [-0.05, 0) is 18.6 Å². The normalized spacial score (nSPS) is 25.7. The average molecular weight is 394 g/mol. The SMILES string of the molecule is Cc1ccccc1S(=O)(=O)C(O)[C@@H](O)[C@H]1OC(c2ccccc2)OC[C@H]1O. The van der Waals surface area contributed by atoms with E-state index in [-0.39, 0.29) is 11.5 Å². The highest BCUT2D eigenvalue weighted by atomic mass is 32.2. The number of aliphatic hydroxyl groups is 3. The van der Waals surface area contributed by atoms with Gasteiger partial charge < -0.3 is 24.8 Å². The van der Waals surface area contributed by atoms with Gasteiger partial charge in [-0.2, -0.15) is 0 Å². The lowest BCUT2D eigenvalue weighted by Gasteiger charge is -2.37. The fourth-order valence-electron chi connectivity index (χ4n) is 3.00. The molecule has 0 amide bonds. The van der Waals surface area contributed by atoms with Gasteiger partial charge in [0.15, 0.2) is 11.7 Å². The van der Waals surface area contributed by atoms with Crippen molar-refractivity contribution in [3.63, 3.8) is 0 Å². The second-order valence-electron chi connectivity index (χ2n) is 6.44. The molecule has 0 aromatic heterocycles. The van der Waals surface area contributed by atoms with E-state index in [0.29, 0.717) is 11.1 Å². The second kappa shape index (κ2) is 8.05. The monoisotopic (exact) mass is 394 g/mol. The molecule has 7 nitrogen and oxygen atoms in total. The molecule has 3 rings (SSSR count). The summed E-state index contributed by atoms with van der Waals surface area (Å²) >= 11 is 0. The number of hydrogen-bond donors (Lipinski definition) is 3. The van der Waals surface area contributed by atoms with Crippen LogP contribution < -0.4 is 0 Å². The maximum Gasteiger partial charge on any atom is 0.207 e. The Labute approximate surface area is 157 Å². The summed E-state index contributed by atoms with van der Waals surface area (Å²) in [7, 11) is -4.25. The van der Waals surface area contributed by atoms with E-state index in [1.54, 1.807) is 43.3 Å². The smallest absolute Gasteiger partial charge is 0.207 e. The lowest BCUT2D eigenvalue weighted by molar-refractivity contribution is -0.279. The molecule has 0 radical (unpaired) electrons. The van der Waals surface area contributed by atoms with Crippen molar-refractivity contribution >= 4 is 9.84 Å². The van der Waals surface area contributed by atoms with Crippen LogP contribution in [0.3, 0.4) is 0 Å². The van der Waals surface area contributed by atoms with Crippen LogP contribution in [0.1, 0.15) is 17.4 Å². The number of aliphatic hydroxyl groups excluding tert-OH is 3. The molecular weight excluding hydrogens is 372 g/mol. The van der Waals surface area contributed by atoms with Gasteiger partial charge in [0.1, 0.15) is 18.3 Å². The Hall–Kier alpha value is -1.81. The molecule has 1 aliphatic heterocycles. The van der Waals surface area contributed by atoms with Crippen LogP contribution in [0, 0.1) is 6.92 Å². The highest BCUT2D eigenvalue weighted by Crippen LogP contribution is 2.30. The molecule has 2 unspecified atom stereocenters. The van der Waals surface area contributed by atoms with Gasteiger partial charge >= 0.3 is 0 Å². The summed E-state index contributed by atoms with van der Waals surface area (Å²) in [4.78, 5) is -0.0855. The second-order valence-corrected chi connectivity index (χ2v) is 8.45. The Morgan fingerprint density at radius 2 is 1.67 bits per heavy atom. The van der Waals surface area contributed by atoms with Gasteiger partial charge in [0.2, 0.25) is 9.84 Å². The summed E-state index contributed by atoms with van der Waals surface area (Å²) in [5, 5.41) is 31.0. The molecule has 1 heterocycles. The van der Waals surface area contributed by atoms with Gasteiger partial charge in [0.05, 0.1) is 11.5 Å². The van der Waals surface area contributed by atoms with Gasteiger partial charge in [0, 0.05) is 5.56 Å². The Bertz CT molecular complexity index is 869. The predicted octanol–water partition coefficient (Wildman–Crippen LogP) is 0.923. The van der Waals surface area contributed by atoms with E-state index in [1.165, 1.54) is 12.1 Å². The van der Waals surface area contributed by atoms with Crippen LogP contribution in [-0.2, 0) is 19.3 Å². The van der Waals surface area contributed by atoms with Crippen LogP contribution in [-0.4, -0.2) is 54.1 Å². The van der Waals surface area contributed by atoms with Crippen molar-refractivity contribution in [2.75, 3.05) is 6.61 Å². The largest absolute Gasteiger partial charge is 0.388 e. The third kappa shape index (κ3) is 4.06. The molecule has 2 aromatic rings. The fraction of sp³-hybridized carbons (Fsp3) is 0.368. The molecular formula is C19H22O7S. The van der Waals surface area contributed by atoms with Crippen molar-refractivity contribution in [2.45, 2.75) is 41.9 Å². The summed E-state index contributed by atoms with van der Waals surface area (Å²) in [6.45, 7) is 1.43. The molecule has 0 bridgehead atoms. The molecule has 2 aromatic carbocycles. The van der Waals surface area contributed by atoms with Crippen molar-refractivity contribution in [1.82, 2.24) is 0 Å². The maximum absolute atomic E-state index is 12.7. The van der Waals surface area contributed by atoms with Crippen molar-refractivity contribution in [2.24, 2.45) is 0 Å². The van der Waals surface area contributed by atoms with E-state index >= 15 is 0 Å². The molecule has 1 saturated heterocycles. The molecule has 3 N–H and O–H groups in total. The van der Waals surface area contributed by atoms with E-state index in [9.17, 15) is 23.7 Å². The van der Waals surface area contributed by atoms with Crippen LogP contribution in [0.5, 0.6) is 0 Å². The minimum absolute atomic E-state index is 0.0855. The molecule has 1 fully saturated rings. The number of rotatable bonds is 5. The van der Waals surface area contributed by atoms with Gasteiger partial charge in [-0.1, -0.05) is 48.5 Å². The number of aryl methyl sites for hydroxylation is 1. The Morgan fingerprint density at radius 3 is 2.33 bits per heavy atom. The molecule has 1 aliphatic rings. The molecule has 8 heteroatoms. The quantitative estimate of drug-likeness (QED) is 0.691. The highest BCUT2D eigenvalue weighted by Gasteiger charge is 2.44. The molecule has 146 valence electrons. The zero-order chi connectivity index (χ0) is 19.6. The Balaban J connectivity index is 1.82. The molecule has 0 spiro atoms. The number of hydrogen-bond acceptors (Lipinski definition) is 7. The summed E-state index contributed by atoms with van der Waals surface area (Å²) < 4.78 is 36.4.